The van der Waals surface area contributed by atoms with E-state index in [1.54, 1.807) is 0 Å². The Morgan fingerprint density at radius 2 is 1.63 bits per heavy atom. The minimum absolute atomic E-state index is 0.0513. The summed E-state index contributed by atoms with van der Waals surface area (Å²) in [6, 6.07) is 8.22. The fourth-order valence-electron chi connectivity index (χ4n) is 3.10. The summed E-state index contributed by atoms with van der Waals surface area (Å²) in [5.74, 6) is -2.49. The molecule has 2 N–H and O–H groups in total. The van der Waals surface area contributed by atoms with Gasteiger partial charge in [-0.05, 0) is 49.2 Å². The number of benzene rings is 2. The molecule has 0 unspecified atom stereocenters. The second kappa shape index (κ2) is 8.14. The Hall–Kier alpha value is -2.32. The van der Waals surface area contributed by atoms with E-state index in [-0.39, 0.29) is 16.5 Å². The number of amides is 1. The summed E-state index contributed by atoms with van der Waals surface area (Å²) in [7, 11) is -3.63. The molecule has 0 heterocycles. The van der Waals surface area contributed by atoms with E-state index >= 15 is 0 Å². The molecule has 1 fully saturated rings. The Balaban J connectivity index is 1.68. The van der Waals surface area contributed by atoms with E-state index in [0.29, 0.717) is 11.8 Å². The normalized spacial score (nSPS) is 15.5. The zero-order valence-electron chi connectivity index (χ0n) is 14.5. The van der Waals surface area contributed by atoms with Gasteiger partial charge in [-0.25, -0.2) is 21.9 Å². The zero-order valence-corrected chi connectivity index (χ0v) is 15.4. The number of sulfonamides is 1. The van der Waals surface area contributed by atoms with Crippen molar-refractivity contribution in [3.05, 3.63) is 59.7 Å². The fraction of sp³-hybridized carbons (Fsp3) is 0.316. The van der Waals surface area contributed by atoms with Crippen LogP contribution in [0.1, 0.15) is 42.5 Å². The number of hydrogen-bond donors (Lipinski definition) is 2. The number of rotatable bonds is 5. The Labute approximate surface area is 156 Å². The lowest BCUT2D eigenvalue weighted by molar-refractivity contribution is 0.102. The van der Waals surface area contributed by atoms with Crippen molar-refractivity contribution >= 4 is 21.6 Å². The van der Waals surface area contributed by atoms with Gasteiger partial charge in [-0.2, -0.15) is 0 Å². The maximum absolute atomic E-state index is 13.7. The highest BCUT2D eigenvalue weighted by molar-refractivity contribution is 7.89. The Morgan fingerprint density at radius 1 is 0.963 bits per heavy atom. The highest BCUT2D eigenvalue weighted by Crippen LogP contribution is 2.21. The molecule has 5 nitrogen and oxygen atoms in total. The molecule has 2 aromatic rings. The molecule has 0 radical (unpaired) electrons. The van der Waals surface area contributed by atoms with Gasteiger partial charge in [0.2, 0.25) is 10.0 Å². The lowest BCUT2D eigenvalue weighted by atomic mass is 9.96. The molecule has 27 heavy (non-hydrogen) atoms. The summed E-state index contributed by atoms with van der Waals surface area (Å²) in [6.45, 7) is 0. The molecule has 3 rings (SSSR count). The van der Waals surface area contributed by atoms with E-state index < -0.39 is 27.6 Å². The van der Waals surface area contributed by atoms with Crippen molar-refractivity contribution < 1.29 is 22.0 Å². The van der Waals surface area contributed by atoms with Crippen LogP contribution in [0.3, 0.4) is 0 Å². The minimum atomic E-state index is -3.63. The van der Waals surface area contributed by atoms with Gasteiger partial charge in [0.05, 0.1) is 10.5 Å². The van der Waals surface area contributed by atoms with Crippen LogP contribution in [0.2, 0.25) is 0 Å². The van der Waals surface area contributed by atoms with Crippen LogP contribution in [0.15, 0.2) is 47.4 Å². The van der Waals surface area contributed by atoms with Crippen molar-refractivity contribution in [2.45, 2.75) is 43.0 Å². The van der Waals surface area contributed by atoms with Crippen LogP contribution in [0.25, 0.3) is 0 Å². The van der Waals surface area contributed by atoms with Crippen LogP contribution in [0, 0.1) is 11.6 Å². The van der Waals surface area contributed by atoms with Crippen molar-refractivity contribution in [3.63, 3.8) is 0 Å². The van der Waals surface area contributed by atoms with Gasteiger partial charge in [0.25, 0.3) is 5.91 Å². The Morgan fingerprint density at radius 3 is 2.26 bits per heavy atom. The van der Waals surface area contributed by atoms with Crippen molar-refractivity contribution in [1.29, 1.82) is 0 Å². The van der Waals surface area contributed by atoms with E-state index in [1.807, 2.05) is 0 Å². The average molecular weight is 394 g/mol. The molecule has 0 spiro atoms. The number of carbonyl (C=O) groups is 1. The zero-order chi connectivity index (χ0) is 19.4. The van der Waals surface area contributed by atoms with Crippen molar-refractivity contribution in [2.75, 3.05) is 5.32 Å². The average Bonchev–Trinajstić information content (AvgIpc) is 2.62. The van der Waals surface area contributed by atoms with Crippen LogP contribution in [0.4, 0.5) is 14.5 Å². The first kappa shape index (κ1) is 19.4. The topological polar surface area (TPSA) is 75.3 Å². The molecule has 2 aromatic carbocycles. The second-order valence-electron chi connectivity index (χ2n) is 6.56. The maximum atomic E-state index is 13.7. The lowest BCUT2D eigenvalue weighted by Gasteiger charge is -2.22. The highest BCUT2D eigenvalue weighted by atomic mass is 32.2. The van der Waals surface area contributed by atoms with Gasteiger partial charge < -0.3 is 5.32 Å². The predicted molar refractivity (Wildman–Crippen MR) is 97.9 cm³/mol. The molecule has 1 saturated carbocycles. The third-order valence-corrected chi connectivity index (χ3v) is 6.06. The third kappa shape index (κ3) is 4.90. The molecule has 0 saturated heterocycles. The monoisotopic (exact) mass is 394 g/mol. The molecular weight excluding hydrogens is 374 g/mol. The van der Waals surface area contributed by atoms with Crippen LogP contribution >= 0.6 is 0 Å². The summed E-state index contributed by atoms with van der Waals surface area (Å²) in [6.07, 6.45) is 4.81. The van der Waals surface area contributed by atoms with E-state index in [2.05, 4.69) is 10.0 Å². The maximum Gasteiger partial charge on any atom is 0.258 e. The Kier molecular flexibility index (Phi) is 5.86. The molecule has 1 aliphatic rings. The standard InChI is InChI=1S/C19H20F2N2O3S/c20-13-6-11-17(18(21)12-13)19(24)22-14-7-9-16(10-8-14)27(25,26)23-15-4-2-1-3-5-15/h6-12,15,23H,1-5H2,(H,22,24). The van der Waals surface area contributed by atoms with Gasteiger partial charge in [0, 0.05) is 17.8 Å². The largest absolute Gasteiger partial charge is 0.322 e. The van der Waals surface area contributed by atoms with Gasteiger partial charge in [0.1, 0.15) is 11.6 Å². The van der Waals surface area contributed by atoms with E-state index in [1.165, 1.54) is 24.3 Å². The summed E-state index contributed by atoms with van der Waals surface area (Å²) in [5.41, 5.74) is 0.00686. The predicted octanol–water partition coefficient (Wildman–Crippen LogP) is 3.83. The van der Waals surface area contributed by atoms with Crippen molar-refractivity contribution in [2.24, 2.45) is 0 Å². The molecule has 1 aliphatic carbocycles. The molecule has 0 aromatic heterocycles. The van der Waals surface area contributed by atoms with Crippen molar-refractivity contribution in [3.8, 4) is 0 Å². The lowest BCUT2D eigenvalue weighted by Crippen LogP contribution is -2.36. The molecule has 1 amide bonds. The van der Waals surface area contributed by atoms with Crippen LogP contribution < -0.4 is 10.0 Å². The summed E-state index contributed by atoms with van der Waals surface area (Å²) in [4.78, 5) is 12.2. The summed E-state index contributed by atoms with van der Waals surface area (Å²) >= 11 is 0. The van der Waals surface area contributed by atoms with Gasteiger partial charge in [-0.1, -0.05) is 19.3 Å². The number of anilines is 1. The molecule has 144 valence electrons. The van der Waals surface area contributed by atoms with E-state index in [9.17, 15) is 22.0 Å². The fourth-order valence-corrected chi connectivity index (χ4v) is 4.40. The van der Waals surface area contributed by atoms with Gasteiger partial charge in [0.15, 0.2) is 0 Å². The summed E-state index contributed by atoms with van der Waals surface area (Å²) in [5, 5.41) is 2.46. The summed E-state index contributed by atoms with van der Waals surface area (Å²) < 4.78 is 54.2. The SMILES string of the molecule is O=C(Nc1ccc(S(=O)(=O)NC2CCCCC2)cc1)c1ccc(F)cc1F. The number of carbonyl (C=O) groups excluding carboxylic acids is 1. The van der Waals surface area contributed by atoms with E-state index in [0.717, 1.165) is 44.2 Å². The van der Waals surface area contributed by atoms with Crippen LogP contribution in [0.5, 0.6) is 0 Å². The Bertz CT molecular complexity index is 924. The third-order valence-electron chi connectivity index (χ3n) is 4.53. The number of halogens is 2. The van der Waals surface area contributed by atoms with Crippen LogP contribution in [-0.2, 0) is 10.0 Å². The highest BCUT2D eigenvalue weighted by Gasteiger charge is 2.22. The first-order chi connectivity index (χ1) is 12.8. The molecular formula is C19H20F2N2O3S. The van der Waals surface area contributed by atoms with Crippen LogP contribution in [-0.4, -0.2) is 20.4 Å². The molecule has 0 bridgehead atoms. The molecule has 0 atom stereocenters. The van der Waals surface area contributed by atoms with Gasteiger partial charge in [-0.15, -0.1) is 0 Å². The van der Waals surface area contributed by atoms with E-state index in [4.69, 9.17) is 0 Å². The second-order valence-corrected chi connectivity index (χ2v) is 8.27. The molecule has 8 heteroatoms. The minimum Gasteiger partial charge on any atom is -0.322 e. The number of hydrogen-bond acceptors (Lipinski definition) is 3. The smallest absolute Gasteiger partial charge is 0.258 e. The van der Waals surface area contributed by atoms with Gasteiger partial charge >= 0.3 is 0 Å². The first-order valence-electron chi connectivity index (χ1n) is 8.74. The first-order valence-corrected chi connectivity index (χ1v) is 10.2. The molecule has 0 aliphatic heterocycles. The van der Waals surface area contributed by atoms with Gasteiger partial charge in [-0.3, -0.25) is 4.79 Å². The van der Waals surface area contributed by atoms with Crippen molar-refractivity contribution in [1.82, 2.24) is 4.72 Å². The quantitative estimate of drug-likeness (QED) is 0.809. The number of nitrogens with one attached hydrogen (secondary N) is 2.